The largest absolute Gasteiger partial charge is 0.416 e. The monoisotopic (exact) mass is 559 g/mol. The Morgan fingerprint density at radius 3 is 2.07 bits per heavy atom. The minimum atomic E-state index is -4.39. The molecule has 0 bridgehead atoms. The first-order valence-electron chi connectivity index (χ1n) is 13.8. The van der Waals surface area contributed by atoms with Crippen molar-refractivity contribution in [3.8, 4) is 11.1 Å². The van der Waals surface area contributed by atoms with Crippen molar-refractivity contribution in [3.63, 3.8) is 0 Å². The van der Waals surface area contributed by atoms with Gasteiger partial charge in [-0.3, -0.25) is 9.59 Å². The van der Waals surface area contributed by atoms with Crippen LogP contribution in [0.3, 0.4) is 0 Å². The molecular formula is C33H32F3N3O2. The Hall–Kier alpha value is -4.17. The summed E-state index contributed by atoms with van der Waals surface area (Å²) < 4.78 is 38.8. The molecule has 2 atom stereocenters. The molecular weight excluding hydrogens is 527 g/mol. The zero-order chi connectivity index (χ0) is 29.0. The summed E-state index contributed by atoms with van der Waals surface area (Å²) in [6, 6.07) is 25.1. The summed E-state index contributed by atoms with van der Waals surface area (Å²) in [5.41, 5.74) is 8.19. The van der Waals surface area contributed by atoms with Crippen molar-refractivity contribution in [2.45, 2.75) is 50.5 Å². The molecule has 212 valence electrons. The fraction of sp³-hybridized carbons (Fsp3) is 0.273. The van der Waals surface area contributed by atoms with Crippen molar-refractivity contribution in [1.82, 2.24) is 10.2 Å². The topological polar surface area (TPSA) is 75.4 Å². The lowest BCUT2D eigenvalue weighted by molar-refractivity contribution is -0.150. The number of nitrogens with zero attached hydrogens (tertiary/aromatic N) is 1. The van der Waals surface area contributed by atoms with Crippen molar-refractivity contribution in [2.75, 3.05) is 6.54 Å². The Morgan fingerprint density at radius 1 is 0.780 bits per heavy atom. The van der Waals surface area contributed by atoms with Gasteiger partial charge < -0.3 is 16.0 Å². The van der Waals surface area contributed by atoms with Crippen LogP contribution in [0.1, 0.15) is 36.0 Å². The summed E-state index contributed by atoms with van der Waals surface area (Å²) in [7, 11) is 0. The van der Waals surface area contributed by atoms with Crippen LogP contribution in [-0.2, 0) is 28.7 Å². The molecule has 5 rings (SSSR count). The van der Waals surface area contributed by atoms with E-state index < -0.39 is 23.8 Å². The number of carbonyl (C=O) groups excluding carboxylic acids is 2. The van der Waals surface area contributed by atoms with E-state index in [9.17, 15) is 22.8 Å². The van der Waals surface area contributed by atoms with Crippen LogP contribution in [0.25, 0.3) is 21.9 Å². The van der Waals surface area contributed by atoms with Crippen LogP contribution in [-0.4, -0.2) is 35.3 Å². The van der Waals surface area contributed by atoms with E-state index in [0.717, 1.165) is 52.4 Å². The van der Waals surface area contributed by atoms with Crippen molar-refractivity contribution in [1.29, 1.82) is 0 Å². The Balaban J connectivity index is 1.35. The number of nitrogens with two attached hydrogens (primary N) is 1. The summed E-state index contributed by atoms with van der Waals surface area (Å²) >= 11 is 0. The summed E-state index contributed by atoms with van der Waals surface area (Å²) in [4.78, 5) is 28.7. The lowest BCUT2D eigenvalue weighted by Gasteiger charge is -2.39. The van der Waals surface area contributed by atoms with Gasteiger partial charge in [-0.2, -0.15) is 13.2 Å². The number of hydrogen-bond acceptors (Lipinski definition) is 3. The number of carbonyl (C=O) groups is 2. The third-order valence-electron chi connectivity index (χ3n) is 7.61. The highest BCUT2D eigenvalue weighted by molar-refractivity contribution is 5.97. The standard InChI is InChI=1S/C33H32F3N3O2/c34-33(35,36)28-16-14-26(15-17-28)25-11-8-22(9-12-25)21-39-30(7-3-4-18-37)31(40)38-29(32(39)41)20-23-10-13-24-5-1-2-6-27(24)19-23/h1-2,5-6,8-17,19,29-30H,3-4,7,18,20-21,37H2,(H,38,40)/t29-,30-/m0/s1. The lowest BCUT2D eigenvalue weighted by Crippen LogP contribution is -2.63. The molecule has 3 N–H and O–H groups in total. The number of rotatable bonds is 9. The van der Waals surface area contributed by atoms with Gasteiger partial charge in [0.15, 0.2) is 0 Å². The smallest absolute Gasteiger partial charge is 0.342 e. The predicted octanol–water partition coefficient (Wildman–Crippen LogP) is 6.09. The van der Waals surface area contributed by atoms with E-state index in [1.165, 1.54) is 12.1 Å². The number of fused-ring (bicyclic) bond motifs is 1. The first-order chi connectivity index (χ1) is 19.7. The number of alkyl halides is 3. The maximum Gasteiger partial charge on any atom is 0.416 e. The van der Waals surface area contributed by atoms with Gasteiger partial charge in [0, 0.05) is 13.0 Å². The predicted molar refractivity (Wildman–Crippen MR) is 154 cm³/mol. The second-order valence-electron chi connectivity index (χ2n) is 10.5. The molecule has 4 aromatic carbocycles. The maximum atomic E-state index is 13.8. The summed E-state index contributed by atoms with van der Waals surface area (Å²) in [5, 5.41) is 5.14. The average Bonchev–Trinajstić information content (AvgIpc) is 2.97. The molecule has 8 heteroatoms. The van der Waals surface area contributed by atoms with Gasteiger partial charge in [0.25, 0.3) is 0 Å². The normalized spacial score (nSPS) is 17.6. The molecule has 0 unspecified atom stereocenters. The number of nitrogens with one attached hydrogen (secondary N) is 1. The SMILES string of the molecule is NCCCC[C@H]1C(=O)N[C@@H](Cc2ccc3ccccc3c2)C(=O)N1Cc1ccc(-c2ccc(C(F)(F)F)cc2)cc1. The highest BCUT2D eigenvalue weighted by Crippen LogP contribution is 2.31. The summed E-state index contributed by atoms with van der Waals surface area (Å²) in [6.07, 6.45) is -2.01. The van der Waals surface area contributed by atoms with Gasteiger partial charge in [-0.05, 0) is 71.0 Å². The Labute approximate surface area is 237 Å². The second-order valence-corrected chi connectivity index (χ2v) is 10.5. The van der Waals surface area contributed by atoms with Crippen molar-refractivity contribution in [2.24, 2.45) is 5.73 Å². The molecule has 1 heterocycles. The fourth-order valence-electron chi connectivity index (χ4n) is 5.37. The van der Waals surface area contributed by atoms with Gasteiger partial charge in [0.05, 0.1) is 5.56 Å². The Kier molecular flexibility index (Phi) is 8.40. The first kappa shape index (κ1) is 28.4. The highest BCUT2D eigenvalue weighted by Gasteiger charge is 2.40. The second kappa shape index (κ2) is 12.1. The summed E-state index contributed by atoms with van der Waals surface area (Å²) in [6.45, 7) is 0.763. The number of amides is 2. The number of hydrogen-bond donors (Lipinski definition) is 2. The molecule has 0 radical (unpaired) electrons. The zero-order valence-electron chi connectivity index (χ0n) is 22.5. The van der Waals surface area contributed by atoms with Crippen LogP contribution in [0.15, 0.2) is 91.0 Å². The van der Waals surface area contributed by atoms with Crippen molar-refractivity contribution >= 4 is 22.6 Å². The molecule has 5 nitrogen and oxygen atoms in total. The van der Waals surface area contributed by atoms with E-state index in [2.05, 4.69) is 5.32 Å². The van der Waals surface area contributed by atoms with E-state index in [0.29, 0.717) is 24.9 Å². The molecule has 2 amide bonds. The summed E-state index contributed by atoms with van der Waals surface area (Å²) in [5.74, 6) is -0.309. The van der Waals surface area contributed by atoms with Gasteiger partial charge in [-0.15, -0.1) is 0 Å². The third kappa shape index (κ3) is 6.60. The van der Waals surface area contributed by atoms with Crippen LogP contribution in [0.2, 0.25) is 0 Å². The quantitative estimate of drug-likeness (QED) is 0.244. The van der Waals surface area contributed by atoms with Crippen molar-refractivity contribution < 1.29 is 22.8 Å². The van der Waals surface area contributed by atoms with Crippen LogP contribution < -0.4 is 11.1 Å². The molecule has 41 heavy (non-hydrogen) atoms. The van der Waals surface area contributed by atoms with Gasteiger partial charge in [0.2, 0.25) is 11.8 Å². The molecule has 0 aromatic heterocycles. The average molecular weight is 560 g/mol. The number of unbranched alkanes of at least 4 members (excludes halogenated alkanes) is 1. The van der Waals surface area contributed by atoms with Gasteiger partial charge in [0.1, 0.15) is 12.1 Å². The van der Waals surface area contributed by atoms with Crippen molar-refractivity contribution in [3.05, 3.63) is 108 Å². The third-order valence-corrected chi connectivity index (χ3v) is 7.61. The van der Waals surface area contributed by atoms with E-state index in [4.69, 9.17) is 5.73 Å². The fourth-order valence-corrected chi connectivity index (χ4v) is 5.37. The molecule has 0 aliphatic carbocycles. The molecule has 1 aliphatic rings. The molecule has 0 spiro atoms. The van der Waals surface area contributed by atoms with E-state index in [1.54, 1.807) is 4.90 Å². The number of piperazine rings is 1. The molecule has 0 saturated carbocycles. The van der Waals surface area contributed by atoms with Crippen LogP contribution >= 0.6 is 0 Å². The molecule has 1 saturated heterocycles. The number of halogens is 3. The van der Waals surface area contributed by atoms with E-state index in [-0.39, 0.29) is 18.4 Å². The molecule has 4 aromatic rings. The molecule has 1 aliphatic heterocycles. The van der Waals surface area contributed by atoms with Gasteiger partial charge in [-0.1, -0.05) is 78.9 Å². The minimum Gasteiger partial charge on any atom is -0.342 e. The van der Waals surface area contributed by atoms with Gasteiger partial charge >= 0.3 is 6.18 Å². The van der Waals surface area contributed by atoms with E-state index in [1.807, 2.05) is 66.7 Å². The minimum absolute atomic E-state index is 0.137. The van der Waals surface area contributed by atoms with E-state index >= 15 is 0 Å². The van der Waals surface area contributed by atoms with Crippen LogP contribution in [0.5, 0.6) is 0 Å². The van der Waals surface area contributed by atoms with Crippen LogP contribution in [0.4, 0.5) is 13.2 Å². The van der Waals surface area contributed by atoms with Crippen LogP contribution in [0, 0.1) is 0 Å². The first-order valence-corrected chi connectivity index (χ1v) is 13.8. The van der Waals surface area contributed by atoms with Gasteiger partial charge in [-0.25, -0.2) is 0 Å². The highest BCUT2D eigenvalue weighted by atomic mass is 19.4. The zero-order valence-corrected chi connectivity index (χ0v) is 22.5. The number of benzene rings is 4. The Bertz CT molecular complexity index is 1520. The lowest BCUT2D eigenvalue weighted by atomic mass is 9.95. The maximum absolute atomic E-state index is 13.8. The molecule has 1 fully saturated rings. The Morgan fingerprint density at radius 2 is 1.41 bits per heavy atom.